The number of hydrogen-bond donors (Lipinski definition) is 6. The lowest BCUT2D eigenvalue weighted by Crippen LogP contribution is -2.60. The van der Waals surface area contributed by atoms with Crippen molar-refractivity contribution in [3.63, 3.8) is 0 Å². The van der Waals surface area contributed by atoms with Gasteiger partial charge in [0, 0.05) is 6.42 Å². The number of hydrogen-bond acceptors (Lipinski definition) is 8. The molecule has 60 heavy (non-hydrogen) atoms. The Hall–Kier alpha value is -1.33. The molecule has 0 aromatic rings. The number of aliphatic hydroxyl groups excluding tert-OH is 5. The number of nitrogens with one attached hydrogen (secondary N) is 1. The van der Waals surface area contributed by atoms with Gasteiger partial charge in [-0.15, -0.1) is 0 Å². The lowest BCUT2D eigenvalue weighted by Gasteiger charge is -2.40. The predicted molar refractivity (Wildman–Crippen MR) is 249 cm³/mol. The number of carbonyl (C=O) groups excluding carboxylic acids is 1. The molecule has 1 aliphatic heterocycles. The minimum atomic E-state index is -1.56. The molecule has 0 spiro atoms. The number of carbonyl (C=O) groups is 1. The quantitative estimate of drug-likeness (QED) is 0.0262. The number of allylic oxidation sites excluding steroid dienone is 4. The number of rotatable bonds is 43. The summed E-state index contributed by atoms with van der Waals surface area (Å²) in [5, 5.41) is 54.4. The van der Waals surface area contributed by atoms with Gasteiger partial charge < -0.3 is 40.3 Å². The lowest BCUT2D eigenvalue weighted by molar-refractivity contribution is -0.302. The second-order valence-electron chi connectivity index (χ2n) is 18.0. The van der Waals surface area contributed by atoms with Gasteiger partial charge >= 0.3 is 0 Å². The standard InChI is InChI=1S/C51H97NO8/c1-3-5-7-9-11-13-15-17-18-19-20-21-22-23-24-25-26-27-29-30-32-34-36-38-40-45(54)44(43-59-51-50(58)49(57)48(56)46(42-53)60-51)52-47(55)41-39-37-35-33-31-28-16-14-12-10-8-6-4-2/h28,31,35,37,44-46,48-51,53-54,56-58H,3-27,29-30,32-34,36,38-43H2,1-2H3,(H,52,55)/b31-28-,37-35-. The minimum absolute atomic E-state index is 0.158. The van der Waals surface area contributed by atoms with Crippen molar-refractivity contribution in [2.75, 3.05) is 13.2 Å². The van der Waals surface area contributed by atoms with E-state index in [1.807, 2.05) is 6.08 Å². The molecule has 0 saturated carbocycles. The Labute approximate surface area is 369 Å². The third kappa shape index (κ3) is 31.5. The van der Waals surface area contributed by atoms with Crippen LogP contribution < -0.4 is 5.32 Å². The molecule has 0 radical (unpaired) electrons. The maximum absolute atomic E-state index is 12.9. The molecule has 1 amide bonds. The first-order valence-electron chi connectivity index (χ1n) is 25.5. The average molecular weight is 852 g/mol. The maximum atomic E-state index is 12.9. The molecule has 9 heteroatoms. The van der Waals surface area contributed by atoms with Crippen LogP contribution in [-0.2, 0) is 14.3 Å². The van der Waals surface area contributed by atoms with Gasteiger partial charge in [-0.05, 0) is 32.1 Å². The smallest absolute Gasteiger partial charge is 0.220 e. The molecule has 1 rings (SSSR count). The average Bonchev–Trinajstić information content (AvgIpc) is 3.25. The van der Waals surface area contributed by atoms with Gasteiger partial charge in [-0.1, -0.05) is 224 Å². The molecule has 0 aromatic heterocycles. The number of unbranched alkanes of at least 4 members (excludes halogenated alkanes) is 29. The van der Waals surface area contributed by atoms with Crippen LogP contribution in [0.3, 0.4) is 0 Å². The minimum Gasteiger partial charge on any atom is -0.394 e. The molecule has 0 bridgehead atoms. The van der Waals surface area contributed by atoms with Gasteiger partial charge in [-0.2, -0.15) is 0 Å². The van der Waals surface area contributed by atoms with E-state index >= 15 is 0 Å². The van der Waals surface area contributed by atoms with Crippen molar-refractivity contribution >= 4 is 5.91 Å². The fourth-order valence-electron chi connectivity index (χ4n) is 8.21. The monoisotopic (exact) mass is 852 g/mol. The summed E-state index contributed by atoms with van der Waals surface area (Å²) < 4.78 is 11.3. The summed E-state index contributed by atoms with van der Waals surface area (Å²) in [4.78, 5) is 12.9. The van der Waals surface area contributed by atoms with Gasteiger partial charge in [0.2, 0.25) is 5.91 Å². The fraction of sp³-hybridized carbons (Fsp3) is 0.902. The van der Waals surface area contributed by atoms with Gasteiger partial charge in [0.25, 0.3) is 0 Å². The summed E-state index contributed by atoms with van der Waals surface area (Å²) in [7, 11) is 0. The molecule has 354 valence electrons. The van der Waals surface area contributed by atoms with Gasteiger partial charge in [0.05, 0.1) is 25.4 Å². The molecule has 1 aliphatic rings. The van der Waals surface area contributed by atoms with Crippen molar-refractivity contribution in [3.05, 3.63) is 24.3 Å². The van der Waals surface area contributed by atoms with Gasteiger partial charge in [0.15, 0.2) is 6.29 Å². The first-order valence-corrected chi connectivity index (χ1v) is 25.5. The van der Waals surface area contributed by atoms with Gasteiger partial charge in [-0.25, -0.2) is 0 Å². The van der Waals surface area contributed by atoms with Crippen molar-refractivity contribution in [2.45, 2.75) is 281 Å². The third-order valence-corrected chi connectivity index (χ3v) is 12.3. The molecule has 7 atom stereocenters. The molecule has 1 heterocycles. The van der Waals surface area contributed by atoms with Crippen LogP contribution in [0.1, 0.15) is 239 Å². The van der Waals surface area contributed by atoms with Gasteiger partial charge in [-0.3, -0.25) is 4.79 Å². The Morgan fingerprint density at radius 3 is 1.43 bits per heavy atom. The van der Waals surface area contributed by atoms with Crippen LogP contribution in [0.4, 0.5) is 0 Å². The second kappa shape index (κ2) is 41.7. The summed E-state index contributed by atoms with van der Waals surface area (Å²) >= 11 is 0. The summed E-state index contributed by atoms with van der Waals surface area (Å²) in [6.45, 7) is 3.81. The molecule has 0 aromatic carbocycles. The van der Waals surface area contributed by atoms with Gasteiger partial charge in [0.1, 0.15) is 24.4 Å². The number of aliphatic hydroxyl groups is 5. The zero-order chi connectivity index (χ0) is 43.7. The van der Waals surface area contributed by atoms with Crippen LogP contribution in [-0.4, -0.2) is 87.5 Å². The Bertz CT molecular complexity index is 992. The van der Waals surface area contributed by atoms with E-state index in [4.69, 9.17) is 9.47 Å². The van der Waals surface area contributed by atoms with Crippen LogP contribution >= 0.6 is 0 Å². The van der Waals surface area contributed by atoms with E-state index in [9.17, 15) is 30.3 Å². The Kier molecular flexibility index (Phi) is 39.4. The highest BCUT2D eigenvalue weighted by Gasteiger charge is 2.44. The van der Waals surface area contributed by atoms with E-state index in [1.165, 1.54) is 173 Å². The van der Waals surface area contributed by atoms with E-state index < -0.39 is 49.5 Å². The van der Waals surface area contributed by atoms with Crippen molar-refractivity contribution in [1.29, 1.82) is 0 Å². The number of ether oxygens (including phenoxy) is 2. The highest BCUT2D eigenvalue weighted by atomic mass is 16.7. The van der Waals surface area contributed by atoms with Crippen LogP contribution in [0.2, 0.25) is 0 Å². The lowest BCUT2D eigenvalue weighted by atomic mass is 9.99. The summed E-state index contributed by atoms with van der Waals surface area (Å²) in [5.74, 6) is -0.209. The van der Waals surface area contributed by atoms with Crippen LogP contribution in [0.15, 0.2) is 24.3 Å². The van der Waals surface area contributed by atoms with Crippen LogP contribution in [0, 0.1) is 0 Å². The molecule has 7 unspecified atom stereocenters. The van der Waals surface area contributed by atoms with Crippen molar-refractivity contribution in [2.24, 2.45) is 0 Å². The van der Waals surface area contributed by atoms with E-state index in [-0.39, 0.29) is 18.9 Å². The molecule has 1 saturated heterocycles. The molecular weight excluding hydrogens is 755 g/mol. The summed E-state index contributed by atoms with van der Waals surface area (Å²) in [6, 6.07) is -0.747. The maximum Gasteiger partial charge on any atom is 0.220 e. The highest BCUT2D eigenvalue weighted by Crippen LogP contribution is 2.23. The Balaban J connectivity index is 2.25. The molecule has 6 N–H and O–H groups in total. The molecule has 0 aliphatic carbocycles. The molecular formula is C51H97NO8. The first-order chi connectivity index (χ1) is 29.3. The first kappa shape index (κ1) is 56.7. The van der Waals surface area contributed by atoms with E-state index in [2.05, 4.69) is 37.4 Å². The summed E-state index contributed by atoms with van der Waals surface area (Å²) in [5.41, 5.74) is 0. The van der Waals surface area contributed by atoms with Crippen molar-refractivity contribution < 1.29 is 39.8 Å². The Morgan fingerprint density at radius 2 is 0.983 bits per heavy atom. The molecule has 9 nitrogen and oxygen atoms in total. The van der Waals surface area contributed by atoms with E-state index in [0.717, 1.165) is 32.1 Å². The normalized spacial score (nSPS) is 20.7. The zero-order valence-electron chi connectivity index (χ0n) is 39.0. The largest absolute Gasteiger partial charge is 0.394 e. The van der Waals surface area contributed by atoms with Crippen LogP contribution in [0.25, 0.3) is 0 Å². The van der Waals surface area contributed by atoms with Crippen molar-refractivity contribution in [1.82, 2.24) is 5.32 Å². The third-order valence-electron chi connectivity index (χ3n) is 12.3. The zero-order valence-corrected chi connectivity index (χ0v) is 39.0. The van der Waals surface area contributed by atoms with E-state index in [1.54, 1.807) is 0 Å². The molecule has 1 fully saturated rings. The SMILES string of the molecule is CCCCCCCC/C=C\C/C=C\CCC(=O)NC(COC1OC(CO)C(O)C(O)C1O)C(O)CCCCCCCCCCCCCCCCCCCCCCCCCC. The Morgan fingerprint density at radius 1 is 0.567 bits per heavy atom. The van der Waals surface area contributed by atoms with E-state index in [0.29, 0.717) is 12.8 Å². The number of amides is 1. The van der Waals surface area contributed by atoms with Crippen molar-refractivity contribution in [3.8, 4) is 0 Å². The fourth-order valence-corrected chi connectivity index (χ4v) is 8.21. The van der Waals surface area contributed by atoms with Crippen LogP contribution in [0.5, 0.6) is 0 Å². The highest BCUT2D eigenvalue weighted by molar-refractivity contribution is 5.76. The topological polar surface area (TPSA) is 149 Å². The second-order valence-corrected chi connectivity index (χ2v) is 18.0. The summed E-state index contributed by atoms with van der Waals surface area (Å²) in [6.07, 6.45) is 43.6. The predicted octanol–water partition coefficient (Wildman–Crippen LogP) is 11.5.